The van der Waals surface area contributed by atoms with Gasteiger partial charge in [-0.1, -0.05) is 26.0 Å². The van der Waals surface area contributed by atoms with Crippen LogP contribution in [0.5, 0.6) is 5.75 Å². The summed E-state index contributed by atoms with van der Waals surface area (Å²) in [5, 5.41) is 9.64. The van der Waals surface area contributed by atoms with Gasteiger partial charge in [0.1, 0.15) is 5.75 Å². The van der Waals surface area contributed by atoms with Crippen LogP contribution >= 0.6 is 0 Å². The first kappa shape index (κ1) is 11.5. The Kier molecular flexibility index (Phi) is 2.50. The molecule has 2 rings (SSSR count). The van der Waals surface area contributed by atoms with E-state index in [9.17, 15) is 5.11 Å². The molecule has 1 aliphatic carbocycles. The number of methoxy groups -OCH3 is 1. The summed E-state index contributed by atoms with van der Waals surface area (Å²) in [7, 11) is 1.69. The Balaban J connectivity index is 2.42. The van der Waals surface area contributed by atoms with Crippen molar-refractivity contribution < 1.29 is 9.84 Å². The molecule has 1 fully saturated rings. The molecule has 16 heavy (non-hydrogen) atoms. The molecule has 1 N–H and O–H groups in total. The van der Waals surface area contributed by atoms with E-state index in [-0.39, 0.29) is 17.4 Å². The second-order valence-electron chi connectivity index (χ2n) is 5.49. The van der Waals surface area contributed by atoms with Crippen molar-refractivity contribution in [1.29, 1.82) is 0 Å². The van der Waals surface area contributed by atoms with Gasteiger partial charge in [-0.25, -0.2) is 0 Å². The van der Waals surface area contributed by atoms with E-state index >= 15 is 0 Å². The van der Waals surface area contributed by atoms with E-state index in [1.807, 2.05) is 6.92 Å². The summed E-state index contributed by atoms with van der Waals surface area (Å²) in [6.07, 6.45) is 1.04. The lowest BCUT2D eigenvalue weighted by Crippen LogP contribution is -2.19. The summed E-state index contributed by atoms with van der Waals surface area (Å²) in [4.78, 5) is 0. The molecular weight excluding hydrogens is 200 g/mol. The van der Waals surface area contributed by atoms with Gasteiger partial charge in [-0.05, 0) is 36.0 Å². The second kappa shape index (κ2) is 3.49. The molecule has 1 aromatic rings. The van der Waals surface area contributed by atoms with Crippen LogP contribution < -0.4 is 4.74 Å². The van der Waals surface area contributed by atoms with Crippen molar-refractivity contribution in [1.82, 2.24) is 0 Å². The van der Waals surface area contributed by atoms with Crippen LogP contribution in [-0.4, -0.2) is 18.8 Å². The van der Waals surface area contributed by atoms with Crippen LogP contribution in [0.15, 0.2) is 18.2 Å². The van der Waals surface area contributed by atoms with Gasteiger partial charge in [0.2, 0.25) is 0 Å². The minimum atomic E-state index is -0.0615. The smallest absolute Gasteiger partial charge is 0.122 e. The zero-order valence-electron chi connectivity index (χ0n) is 10.5. The number of hydrogen-bond acceptors (Lipinski definition) is 2. The molecular formula is C14H20O2. The maximum Gasteiger partial charge on any atom is 0.122 e. The predicted octanol–water partition coefficient (Wildman–Crippen LogP) is 2.66. The molecule has 0 bridgehead atoms. The minimum absolute atomic E-state index is 0.0615. The molecule has 0 amide bonds. The van der Waals surface area contributed by atoms with E-state index in [0.717, 1.165) is 17.7 Å². The molecule has 1 aliphatic rings. The van der Waals surface area contributed by atoms with Crippen LogP contribution in [0, 0.1) is 12.3 Å². The standard InChI is InChI=1S/C14H20O2/c1-10-5-6-11(7-12(10)16-4)14(9-15)8-13(14,2)3/h5-7,15H,8-9H2,1-4H3. The van der Waals surface area contributed by atoms with Gasteiger partial charge in [0.15, 0.2) is 0 Å². The van der Waals surface area contributed by atoms with Gasteiger partial charge in [0.25, 0.3) is 0 Å². The molecule has 0 heterocycles. The summed E-state index contributed by atoms with van der Waals surface area (Å²) in [5.74, 6) is 0.910. The lowest BCUT2D eigenvalue weighted by atomic mass is 9.88. The number of aryl methyl sites for hydroxylation is 1. The maximum atomic E-state index is 9.64. The highest BCUT2D eigenvalue weighted by atomic mass is 16.5. The summed E-state index contributed by atoms with van der Waals surface area (Å²) < 4.78 is 5.34. The second-order valence-corrected chi connectivity index (χ2v) is 5.49. The molecule has 2 heteroatoms. The van der Waals surface area contributed by atoms with E-state index < -0.39 is 0 Å². The van der Waals surface area contributed by atoms with Crippen LogP contribution in [0.3, 0.4) is 0 Å². The third kappa shape index (κ3) is 1.44. The molecule has 0 aliphatic heterocycles. The van der Waals surface area contributed by atoms with Gasteiger partial charge in [0.05, 0.1) is 13.7 Å². The molecule has 1 atom stereocenters. The van der Waals surface area contributed by atoms with Crippen molar-refractivity contribution in [2.45, 2.75) is 32.6 Å². The quantitative estimate of drug-likeness (QED) is 0.848. The van der Waals surface area contributed by atoms with Gasteiger partial charge in [-0.3, -0.25) is 0 Å². The summed E-state index contributed by atoms with van der Waals surface area (Å²) in [6, 6.07) is 6.25. The molecule has 0 saturated heterocycles. The van der Waals surface area contributed by atoms with Crippen molar-refractivity contribution in [3.8, 4) is 5.75 Å². The summed E-state index contributed by atoms with van der Waals surface area (Å²) in [5.41, 5.74) is 2.47. The highest BCUT2D eigenvalue weighted by Crippen LogP contribution is 2.64. The van der Waals surface area contributed by atoms with Gasteiger partial charge in [-0.15, -0.1) is 0 Å². The Morgan fingerprint density at radius 3 is 2.44 bits per heavy atom. The van der Waals surface area contributed by atoms with Crippen LogP contribution in [0.4, 0.5) is 0 Å². The van der Waals surface area contributed by atoms with Gasteiger partial charge in [0, 0.05) is 5.41 Å². The predicted molar refractivity (Wildman–Crippen MR) is 64.9 cm³/mol. The zero-order valence-corrected chi connectivity index (χ0v) is 10.5. The van der Waals surface area contributed by atoms with Crippen LogP contribution in [0.2, 0.25) is 0 Å². The van der Waals surface area contributed by atoms with Crippen LogP contribution in [0.25, 0.3) is 0 Å². The largest absolute Gasteiger partial charge is 0.496 e. The van der Waals surface area contributed by atoms with Crippen LogP contribution in [-0.2, 0) is 5.41 Å². The number of rotatable bonds is 3. The average Bonchev–Trinajstić information content (AvgIpc) is 2.83. The first-order valence-corrected chi connectivity index (χ1v) is 5.73. The monoisotopic (exact) mass is 220 g/mol. The lowest BCUT2D eigenvalue weighted by Gasteiger charge is -2.19. The fourth-order valence-corrected chi connectivity index (χ4v) is 2.68. The molecule has 88 valence electrons. The Bertz CT molecular complexity index is 409. The van der Waals surface area contributed by atoms with E-state index in [1.54, 1.807) is 7.11 Å². The van der Waals surface area contributed by atoms with E-state index in [4.69, 9.17) is 4.74 Å². The van der Waals surface area contributed by atoms with Crippen molar-refractivity contribution in [2.24, 2.45) is 5.41 Å². The zero-order chi connectivity index (χ0) is 12.0. The third-order valence-corrected chi connectivity index (χ3v) is 4.14. The fraction of sp³-hybridized carbons (Fsp3) is 0.571. The SMILES string of the molecule is COc1cc(C2(CO)CC2(C)C)ccc1C. The maximum absolute atomic E-state index is 9.64. The first-order chi connectivity index (χ1) is 7.47. The van der Waals surface area contributed by atoms with Gasteiger partial charge >= 0.3 is 0 Å². The van der Waals surface area contributed by atoms with Crippen molar-refractivity contribution in [3.05, 3.63) is 29.3 Å². The topological polar surface area (TPSA) is 29.5 Å². The van der Waals surface area contributed by atoms with Gasteiger partial charge < -0.3 is 9.84 Å². The summed E-state index contributed by atoms with van der Waals surface area (Å²) >= 11 is 0. The Labute approximate surface area is 97.3 Å². The lowest BCUT2D eigenvalue weighted by molar-refractivity contribution is 0.231. The van der Waals surface area contributed by atoms with Crippen molar-refractivity contribution in [3.63, 3.8) is 0 Å². The first-order valence-electron chi connectivity index (χ1n) is 5.73. The van der Waals surface area contributed by atoms with Crippen LogP contribution in [0.1, 0.15) is 31.4 Å². The molecule has 0 radical (unpaired) electrons. The minimum Gasteiger partial charge on any atom is -0.496 e. The number of aliphatic hydroxyl groups is 1. The van der Waals surface area contributed by atoms with Crippen molar-refractivity contribution >= 4 is 0 Å². The highest BCUT2D eigenvalue weighted by Gasteiger charge is 2.61. The molecule has 1 unspecified atom stereocenters. The summed E-state index contributed by atoms with van der Waals surface area (Å²) in [6.45, 7) is 6.66. The molecule has 1 aromatic carbocycles. The number of benzene rings is 1. The number of aliphatic hydroxyl groups excluding tert-OH is 1. The fourth-order valence-electron chi connectivity index (χ4n) is 2.68. The normalized spacial score (nSPS) is 26.6. The Morgan fingerprint density at radius 2 is 2.00 bits per heavy atom. The number of ether oxygens (including phenoxy) is 1. The highest BCUT2D eigenvalue weighted by molar-refractivity contribution is 5.44. The van der Waals surface area contributed by atoms with Gasteiger partial charge in [-0.2, -0.15) is 0 Å². The molecule has 1 saturated carbocycles. The Morgan fingerprint density at radius 1 is 1.38 bits per heavy atom. The van der Waals surface area contributed by atoms with E-state index in [1.165, 1.54) is 5.56 Å². The number of hydrogen-bond donors (Lipinski definition) is 1. The molecule has 0 spiro atoms. The molecule has 0 aromatic heterocycles. The Hall–Kier alpha value is -1.02. The molecule has 2 nitrogen and oxygen atoms in total. The average molecular weight is 220 g/mol. The third-order valence-electron chi connectivity index (χ3n) is 4.14. The van der Waals surface area contributed by atoms with E-state index in [2.05, 4.69) is 32.0 Å². The van der Waals surface area contributed by atoms with E-state index in [0.29, 0.717) is 0 Å². The van der Waals surface area contributed by atoms with Crippen molar-refractivity contribution in [2.75, 3.05) is 13.7 Å².